The normalized spacial score (nSPS) is 10.2. The number of anilines is 1. The smallest absolute Gasteiger partial charge is 0.333 e. The molecule has 88 valence electrons. The van der Waals surface area contributed by atoms with Crippen LogP contribution < -0.4 is 10.1 Å². The molecule has 1 aromatic rings. The van der Waals surface area contributed by atoms with Gasteiger partial charge in [-0.2, -0.15) is 0 Å². The van der Waals surface area contributed by atoms with Crippen LogP contribution in [0.1, 0.15) is 20.8 Å². The van der Waals surface area contributed by atoms with Gasteiger partial charge in [0.15, 0.2) is 5.75 Å². The first kappa shape index (κ1) is 12.3. The quantitative estimate of drug-likeness (QED) is 0.617. The van der Waals surface area contributed by atoms with E-state index in [9.17, 15) is 10.1 Å². The first-order valence-corrected chi connectivity index (χ1v) is 5.24. The van der Waals surface area contributed by atoms with E-state index in [1.54, 1.807) is 18.2 Å². The molecule has 0 radical (unpaired) electrons. The molecular formula is C11H16N2O3. The summed E-state index contributed by atoms with van der Waals surface area (Å²) in [6, 6.07) is 5.02. The Hall–Kier alpha value is -1.78. The summed E-state index contributed by atoms with van der Waals surface area (Å²) in [5.74, 6) is 0.304. The Labute approximate surface area is 94.6 Å². The van der Waals surface area contributed by atoms with E-state index in [0.29, 0.717) is 18.0 Å². The lowest BCUT2D eigenvalue weighted by Gasteiger charge is -2.12. The second-order valence-corrected chi connectivity index (χ2v) is 3.61. The third-order valence-electron chi connectivity index (χ3n) is 1.91. The van der Waals surface area contributed by atoms with E-state index in [2.05, 4.69) is 5.32 Å². The number of nitrogens with one attached hydrogen (secondary N) is 1. The highest BCUT2D eigenvalue weighted by molar-refractivity contribution is 5.68. The van der Waals surface area contributed by atoms with E-state index in [0.717, 1.165) is 0 Å². The van der Waals surface area contributed by atoms with Gasteiger partial charge in [-0.1, -0.05) is 6.07 Å². The molecule has 5 nitrogen and oxygen atoms in total. The molecular weight excluding hydrogens is 208 g/mol. The van der Waals surface area contributed by atoms with Gasteiger partial charge in [-0.3, -0.25) is 10.1 Å². The summed E-state index contributed by atoms with van der Waals surface area (Å²) in [6.07, 6.45) is -0.0874. The minimum absolute atomic E-state index is 0.00181. The van der Waals surface area contributed by atoms with Gasteiger partial charge in [-0.15, -0.1) is 0 Å². The number of para-hydroxylation sites is 1. The van der Waals surface area contributed by atoms with Gasteiger partial charge in [0.1, 0.15) is 5.69 Å². The molecule has 1 aromatic carbocycles. The maximum absolute atomic E-state index is 11.0. The first-order chi connectivity index (χ1) is 7.56. The summed E-state index contributed by atoms with van der Waals surface area (Å²) >= 11 is 0. The molecule has 0 saturated carbocycles. The van der Waals surface area contributed by atoms with Gasteiger partial charge in [0.2, 0.25) is 0 Å². The fourth-order valence-corrected chi connectivity index (χ4v) is 1.39. The molecule has 0 unspecified atom stereocenters. The summed E-state index contributed by atoms with van der Waals surface area (Å²) < 4.78 is 5.41. The lowest BCUT2D eigenvalue weighted by Crippen LogP contribution is -2.09. The monoisotopic (exact) mass is 224 g/mol. The standard InChI is InChI=1S/C11H16N2O3/c1-4-12-9-6-5-7-10(16-8(2)3)11(9)13(14)15/h5-8,12H,4H2,1-3H3. The molecule has 0 aliphatic heterocycles. The lowest BCUT2D eigenvalue weighted by molar-refractivity contribution is -0.385. The predicted octanol–water partition coefficient (Wildman–Crippen LogP) is 2.81. The first-order valence-electron chi connectivity index (χ1n) is 5.24. The predicted molar refractivity (Wildman–Crippen MR) is 63.0 cm³/mol. The third-order valence-corrected chi connectivity index (χ3v) is 1.91. The number of hydrogen-bond acceptors (Lipinski definition) is 4. The molecule has 1 N–H and O–H groups in total. The van der Waals surface area contributed by atoms with Crippen molar-refractivity contribution in [2.75, 3.05) is 11.9 Å². The van der Waals surface area contributed by atoms with Crippen LogP contribution in [0.2, 0.25) is 0 Å². The third kappa shape index (κ3) is 2.85. The highest BCUT2D eigenvalue weighted by atomic mass is 16.6. The number of hydrogen-bond donors (Lipinski definition) is 1. The zero-order chi connectivity index (χ0) is 12.1. The Balaban J connectivity index is 3.16. The maximum atomic E-state index is 11.0. The lowest BCUT2D eigenvalue weighted by atomic mass is 10.2. The number of rotatable bonds is 5. The van der Waals surface area contributed by atoms with Crippen LogP contribution in [0.25, 0.3) is 0 Å². The Bertz CT molecular complexity index is 377. The van der Waals surface area contributed by atoms with Crippen LogP contribution in [-0.4, -0.2) is 17.6 Å². The number of benzene rings is 1. The van der Waals surface area contributed by atoms with Gasteiger partial charge in [-0.25, -0.2) is 0 Å². The van der Waals surface area contributed by atoms with Gasteiger partial charge >= 0.3 is 5.69 Å². The maximum Gasteiger partial charge on any atom is 0.333 e. The summed E-state index contributed by atoms with van der Waals surface area (Å²) in [6.45, 7) is 6.19. The average Bonchev–Trinajstić information content (AvgIpc) is 2.16. The second-order valence-electron chi connectivity index (χ2n) is 3.61. The van der Waals surface area contributed by atoms with Gasteiger partial charge < -0.3 is 10.1 Å². The van der Waals surface area contributed by atoms with Crippen LogP contribution in [0.5, 0.6) is 5.75 Å². The zero-order valence-electron chi connectivity index (χ0n) is 9.69. The molecule has 1 rings (SSSR count). The minimum Gasteiger partial charge on any atom is -0.484 e. The van der Waals surface area contributed by atoms with Gasteiger partial charge in [-0.05, 0) is 32.9 Å². The van der Waals surface area contributed by atoms with Crippen molar-refractivity contribution in [3.8, 4) is 5.75 Å². The van der Waals surface area contributed by atoms with Gasteiger partial charge in [0.05, 0.1) is 11.0 Å². The molecule has 0 aromatic heterocycles. The SMILES string of the molecule is CCNc1cccc(OC(C)C)c1[N+](=O)[O-]. The second kappa shape index (κ2) is 5.34. The van der Waals surface area contributed by atoms with E-state index in [1.165, 1.54) is 0 Å². The molecule has 0 spiro atoms. The van der Waals surface area contributed by atoms with E-state index in [1.807, 2.05) is 20.8 Å². The molecule has 5 heteroatoms. The van der Waals surface area contributed by atoms with Crippen molar-refractivity contribution in [3.05, 3.63) is 28.3 Å². The summed E-state index contributed by atoms with van der Waals surface area (Å²) in [5, 5.41) is 13.9. The van der Waals surface area contributed by atoms with Crippen molar-refractivity contribution >= 4 is 11.4 Å². The topological polar surface area (TPSA) is 64.4 Å². The Morgan fingerprint density at radius 3 is 2.69 bits per heavy atom. The Morgan fingerprint density at radius 2 is 2.19 bits per heavy atom. The van der Waals surface area contributed by atoms with Crippen LogP contribution in [0.4, 0.5) is 11.4 Å². The van der Waals surface area contributed by atoms with E-state index in [-0.39, 0.29) is 11.8 Å². The van der Waals surface area contributed by atoms with Crippen molar-refractivity contribution in [1.82, 2.24) is 0 Å². The van der Waals surface area contributed by atoms with Gasteiger partial charge in [0.25, 0.3) is 0 Å². The van der Waals surface area contributed by atoms with E-state index < -0.39 is 4.92 Å². The summed E-state index contributed by atoms with van der Waals surface area (Å²) in [5.41, 5.74) is 0.490. The number of nitro groups is 1. The summed E-state index contributed by atoms with van der Waals surface area (Å²) in [4.78, 5) is 10.6. The van der Waals surface area contributed by atoms with Crippen LogP contribution in [0.3, 0.4) is 0 Å². The number of nitrogens with zero attached hydrogens (tertiary/aromatic N) is 1. The minimum atomic E-state index is -0.421. The van der Waals surface area contributed by atoms with E-state index >= 15 is 0 Å². The fraction of sp³-hybridized carbons (Fsp3) is 0.455. The van der Waals surface area contributed by atoms with Crippen LogP contribution in [0, 0.1) is 10.1 Å². The van der Waals surface area contributed by atoms with Gasteiger partial charge in [0, 0.05) is 6.54 Å². The molecule has 0 atom stereocenters. The molecule has 0 aliphatic rings. The molecule has 0 amide bonds. The highest BCUT2D eigenvalue weighted by Crippen LogP contribution is 2.35. The molecule has 16 heavy (non-hydrogen) atoms. The molecule has 0 aliphatic carbocycles. The summed E-state index contributed by atoms with van der Waals surface area (Å²) in [7, 11) is 0. The molecule has 0 heterocycles. The fourth-order valence-electron chi connectivity index (χ4n) is 1.39. The number of ether oxygens (including phenoxy) is 1. The van der Waals surface area contributed by atoms with Crippen molar-refractivity contribution in [2.24, 2.45) is 0 Å². The highest BCUT2D eigenvalue weighted by Gasteiger charge is 2.21. The zero-order valence-corrected chi connectivity index (χ0v) is 9.69. The van der Waals surface area contributed by atoms with Crippen molar-refractivity contribution < 1.29 is 9.66 Å². The van der Waals surface area contributed by atoms with Crippen molar-refractivity contribution in [2.45, 2.75) is 26.9 Å². The van der Waals surface area contributed by atoms with Crippen LogP contribution in [-0.2, 0) is 0 Å². The molecule has 0 saturated heterocycles. The Kier molecular flexibility index (Phi) is 4.10. The largest absolute Gasteiger partial charge is 0.484 e. The van der Waals surface area contributed by atoms with Crippen molar-refractivity contribution in [3.63, 3.8) is 0 Å². The number of nitro benzene ring substituents is 1. The molecule has 0 fully saturated rings. The molecule has 0 bridgehead atoms. The Morgan fingerprint density at radius 1 is 1.50 bits per heavy atom. The van der Waals surface area contributed by atoms with Crippen LogP contribution >= 0.6 is 0 Å². The van der Waals surface area contributed by atoms with Crippen LogP contribution in [0.15, 0.2) is 18.2 Å². The van der Waals surface area contributed by atoms with E-state index in [4.69, 9.17) is 4.74 Å². The van der Waals surface area contributed by atoms with Crippen molar-refractivity contribution in [1.29, 1.82) is 0 Å². The average molecular weight is 224 g/mol.